The van der Waals surface area contributed by atoms with Gasteiger partial charge in [0.1, 0.15) is 0 Å². The zero-order valence-electron chi connectivity index (χ0n) is 11.6. The van der Waals surface area contributed by atoms with E-state index in [1.807, 2.05) is 12.3 Å². The molecular formula is C14H23N3OS. The minimum absolute atomic E-state index is 0.113. The predicted molar refractivity (Wildman–Crippen MR) is 77.9 cm³/mol. The molecule has 19 heavy (non-hydrogen) atoms. The summed E-state index contributed by atoms with van der Waals surface area (Å²) in [5.41, 5.74) is 6.50. The maximum Gasteiger partial charge on any atom is 0.227 e. The number of aromatic nitrogens is 1. The lowest BCUT2D eigenvalue weighted by molar-refractivity contribution is -0.131. The van der Waals surface area contributed by atoms with E-state index in [0.29, 0.717) is 13.1 Å². The highest BCUT2D eigenvalue weighted by atomic mass is 32.1. The largest absolute Gasteiger partial charge is 0.350 e. The van der Waals surface area contributed by atoms with Crippen molar-refractivity contribution in [3.05, 3.63) is 16.1 Å². The molecule has 1 fully saturated rings. The van der Waals surface area contributed by atoms with E-state index in [-0.39, 0.29) is 11.3 Å². The third-order valence-electron chi connectivity index (χ3n) is 4.03. The summed E-state index contributed by atoms with van der Waals surface area (Å²) in [6.45, 7) is 2.95. The van der Waals surface area contributed by atoms with E-state index < -0.39 is 0 Å². The summed E-state index contributed by atoms with van der Waals surface area (Å²) in [6.07, 6.45) is 6.51. The molecule has 0 spiro atoms. The Bertz CT molecular complexity index is 422. The Hall–Kier alpha value is -0.940. The molecule has 106 valence electrons. The van der Waals surface area contributed by atoms with Gasteiger partial charge >= 0.3 is 0 Å². The molecule has 0 aliphatic heterocycles. The van der Waals surface area contributed by atoms with Crippen molar-refractivity contribution in [3.8, 4) is 0 Å². The number of rotatable bonds is 4. The quantitative estimate of drug-likeness (QED) is 0.833. The average Bonchev–Trinajstić information content (AvgIpc) is 2.69. The molecule has 2 rings (SSSR count). The van der Waals surface area contributed by atoms with Crippen LogP contribution in [0.2, 0.25) is 0 Å². The number of amides is 1. The Morgan fingerprint density at radius 3 is 2.63 bits per heavy atom. The van der Waals surface area contributed by atoms with Gasteiger partial charge in [0.15, 0.2) is 0 Å². The number of hydrogen-bond acceptors (Lipinski definition) is 4. The number of nitrogens with zero attached hydrogens (tertiary/aromatic N) is 1. The minimum atomic E-state index is -0.346. The molecule has 0 radical (unpaired) electrons. The van der Waals surface area contributed by atoms with E-state index in [4.69, 9.17) is 5.73 Å². The van der Waals surface area contributed by atoms with E-state index in [1.165, 1.54) is 12.8 Å². The van der Waals surface area contributed by atoms with Crippen LogP contribution in [0.25, 0.3) is 0 Å². The Morgan fingerprint density at radius 1 is 1.42 bits per heavy atom. The van der Waals surface area contributed by atoms with Crippen molar-refractivity contribution >= 4 is 17.2 Å². The van der Waals surface area contributed by atoms with Crippen molar-refractivity contribution in [1.82, 2.24) is 10.3 Å². The molecule has 1 aliphatic rings. The predicted octanol–water partition coefficient (Wildman–Crippen LogP) is 2.37. The van der Waals surface area contributed by atoms with E-state index in [0.717, 1.165) is 36.4 Å². The van der Waals surface area contributed by atoms with Gasteiger partial charge in [0.25, 0.3) is 0 Å². The smallest absolute Gasteiger partial charge is 0.227 e. The van der Waals surface area contributed by atoms with E-state index >= 15 is 0 Å². The lowest BCUT2D eigenvalue weighted by Crippen LogP contribution is -2.45. The van der Waals surface area contributed by atoms with Crippen LogP contribution >= 0.6 is 11.3 Å². The molecule has 5 heteroatoms. The zero-order valence-corrected chi connectivity index (χ0v) is 12.4. The molecule has 1 aliphatic carbocycles. The molecule has 0 bridgehead atoms. The van der Waals surface area contributed by atoms with Crippen molar-refractivity contribution in [2.24, 2.45) is 11.1 Å². The summed E-state index contributed by atoms with van der Waals surface area (Å²) >= 11 is 1.61. The number of carbonyl (C=O) groups is 1. The standard InChI is InChI=1S/C14H23N3OS/c1-11-17-12(9-19-11)8-16-13(18)14(10-15)6-4-2-3-5-7-14/h9H,2-8,10,15H2,1H3,(H,16,18). The SMILES string of the molecule is Cc1nc(CNC(=O)C2(CN)CCCCCC2)cs1. The first-order valence-corrected chi connectivity index (χ1v) is 7.94. The minimum Gasteiger partial charge on any atom is -0.350 e. The Kier molecular flexibility index (Phi) is 4.93. The second-order valence-corrected chi connectivity index (χ2v) is 6.50. The van der Waals surface area contributed by atoms with Crippen LogP contribution in [0.3, 0.4) is 0 Å². The van der Waals surface area contributed by atoms with Gasteiger partial charge in [-0.3, -0.25) is 4.79 Å². The maximum atomic E-state index is 12.5. The number of thiazole rings is 1. The van der Waals surface area contributed by atoms with E-state index in [2.05, 4.69) is 10.3 Å². The average molecular weight is 281 g/mol. The highest BCUT2D eigenvalue weighted by Gasteiger charge is 2.36. The first kappa shape index (κ1) is 14.5. The van der Waals surface area contributed by atoms with Gasteiger partial charge in [-0.05, 0) is 19.8 Å². The van der Waals surface area contributed by atoms with Crippen LogP contribution in [-0.4, -0.2) is 17.4 Å². The molecule has 4 nitrogen and oxygen atoms in total. The monoisotopic (exact) mass is 281 g/mol. The second-order valence-electron chi connectivity index (χ2n) is 5.44. The number of nitrogens with two attached hydrogens (primary N) is 1. The molecule has 1 saturated carbocycles. The molecule has 1 amide bonds. The lowest BCUT2D eigenvalue weighted by atomic mass is 9.79. The van der Waals surface area contributed by atoms with Crippen molar-refractivity contribution in [2.45, 2.75) is 52.0 Å². The number of nitrogens with one attached hydrogen (secondary N) is 1. The fourth-order valence-electron chi connectivity index (χ4n) is 2.78. The zero-order chi connectivity index (χ0) is 13.7. The van der Waals surface area contributed by atoms with Gasteiger partial charge < -0.3 is 11.1 Å². The molecule has 0 unspecified atom stereocenters. The summed E-state index contributed by atoms with van der Waals surface area (Å²) in [4.78, 5) is 16.8. The highest BCUT2D eigenvalue weighted by molar-refractivity contribution is 7.09. The summed E-state index contributed by atoms with van der Waals surface area (Å²) in [6, 6.07) is 0. The fraction of sp³-hybridized carbons (Fsp3) is 0.714. The van der Waals surface area contributed by atoms with Crippen molar-refractivity contribution in [2.75, 3.05) is 6.54 Å². The van der Waals surface area contributed by atoms with Gasteiger partial charge in [-0.2, -0.15) is 0 Å². The summed E-state index contributed by atoms with van der Waals surface area (Å²) in [7, 11) is 0. The van der Waals surface area contributed by atoms with E-state index in [1.54, 1.807) is 11.3 Å². The highest BCUT2D eigenvalue weighted by Crippen LogP contribution is 2.34. The van der Waals surface area contributed by atoms with Crippen LogP contribution in [-0.2, 0) is 11.3 Å². The molecule has 0 atom stereocenters. The molecule has 1 aromatic rings. The first-order valence-electron chi connectivity index (χ1n) is 7.06. The summed E-state index contributed by atoms with van der Waals surface area (Å²) in [5.74, 6) is 0.113. The second kappa shape index (κ2) is 6.48. The lowest BCUT2D eigenvalue weighted by Gasteiger charge is -2.29. The first-order chi connectivity index (χ1) is 9.16. The molecular weight excluding hydrogens is 258 g/mol. The number of hydrogen-bond donors (Lipinski definition) is 2. The van der Waals surface area contributed by atoms with Crippen molar-refractivity contribution in [1.29, 1.82) is 0 Å². The Morgan fingerprint density at radius 2 is 2.11 bits per heavy atom. The normalized spacial score (nSPS) is 18.8. The van der Waals surface area contributed by atoms with Gasteiger partial charge in [0.2, 0.25) is 5.91 Å². The third-order valence-corrected chi connectivity index (χ3v) is 4.85. The van der Waals surface area contributed by atoms with Crippen molar-refractivity contribution in [3.63, 3.8) is 0 Å². The van der Waals surface area contributed by atoms with Gasteiger partial charge in [-0.1, -0.05) is 25.7 Å². The Balaban J connectivity index is 1.96. The van der Waals surface area contributed by atoms with Crippen LogP contribution in [0, 0.1) is 12.3 Å². The van der Waals surface area contributed by atoms with Crippen molar-refractivity contribution < 1.29 is 4.79 Å². The summed E-state index contributed by atoms with van der Waals surface area (Å²) < 4.78 is 0. The maximum absolute atomic E-state index is 12.5. The molecule has 3 N–H and O–H groups in total. The van der Waals surface area contributed by atoms with Gasteiger partial charge in [-0.15, -0.1) is 11.3 Å². The van der Waals surface area contributed by atoms with Crippen LogP contribution in [0.1, 0.15) is 49.2 Å². The van der Waals surface area contributed by atoms with Crippen LogP contribution in [0.4, 0.5) is 0 Å². The Labute approximate surface area is 118 Å². The fourth-order valence-corrected chi connectivity index (χ4v) is 3.39. The summed E-state index contributed by atoms with van der Waals surface area (Å²) in [5, 5.41) is 6.06. The topological polar surface area (TPSA) is 68.0 Å². The molecule has 0 aromatic carbocycles. The third kappa shape index (κ3) is 3.54. The molecule has 0 saturated heterocycles. The van der Waals surface area contributed by atoms with Crippen LogP contribution in [0.5, 0.6) is 0 Å². The van der Waals surface area contributed by atoms with Gasteiger partial charge in [0, 0.05) is 11.9 Å². The van der Waals surface area contributed by atoms with Gasteiger partial charge in [-0.25, -0.2) is 4.98 Å². The van der Waals surface area contributed by atoms with Gasteiger partial charge in [0.05, 0.1) is 22.7 Å². The van der Waals surface area contributed by atoms with E-state index in [9.17, 15) is 4.79 Å². The molecule has 1 heterocycles. The number of carbonyl (C=O) groups excluding carboxylic acids is 1. The molecule has 1 aromatic heterocycles. The number of aryl methyl sites for hydroxylation is 1. The van der Waals surface area contributed by atoms with Crippen LogP contribution in [0.15, 0.2) is 5.38 Å². The van der Waals surface area contributed by atoms with Crippen LogP contribution < -0.4 is 11.1 Å².